The van der Waals surface area contributed by atoms with Crippen LogP contribution in [0.3, 0.4) is 0 Å². The second-order valence-corrected chi connectivity index (χ2v) is 3.70. The molecule has 10 heavy (non-hydrogen) atoms. The number of hydrogen-bond donors (Lipinski definition) is 0. The Labute approximate surface area is 73.2 Å². The first-order valence-corrected chi connectivity index (χ1v) is 5.09. The molecule has 1 aromatic heterocycles. The van der Waals surface area contributed by atoms with Crippen molar-refractivity contribution >= 4 is 27.7 Å². The molecule has 0 saturated carbocycles. The van der Waals surface area contributed by atoms with E-state index in [4.69, 9.17) is 0 Å². The average molecular weight is 221 g/mol. The van der Waals surface area contributed by atoms with Crippen LogP contribution in [0, 0.1) is 0 Å². The largest absolute Gasteiger partial charge is 0.336 e. The lowest BCUT2D eigenvalue weighted by Crippen LogP contribution is -1.93. The summed E-state index contributed by atoms with van der Waals surface area (Å²) in [6.07, 6.45) is 4.04. The summed E-state index contributed by atoms with van der Waals surface area (Å²) in [7, 11) is 2.00. The van der Waals surface area contributed by atoms with Crippen molar-refractivity contribution in [1.29, 1.82) is 0 Å². The van der Waals surface area contributed by atoms with Crippen molar-refractivity contribution in [3.63, 3.8) is 0 Å². The highest BCUT2D eigenvalue weighted by Crippen LogP contribution is 2.12. The maximum atomic E-state index is 4.26. The van der Waals surface area contributed by atoms with Crippen LogP contribution in [0.5, 0.6) is 0 Å². The van der Waals surface area contributed by atoms with Gasteiger partial charge < -0.3 is 4.57 Å². The molecule has 0 aliphatic carbocycles. The fraction of sp³-hybridized carbons (Fsp3) is 0.500. The smallest absolute Gasteiger partial charge is 0.124 e. The molecule has 0 saturated heterocycles. The SMILES string of the molecule is CSCc1nc(Br)cn1C. The predicted octanol–water partition coefficient (Wildman–Crippen LogP) is 2.05. The van der Waals surface area contributed by atoms with Crippen LogP contribution in [0.15, 0.2) is 10.8 Å². The molecule has 0 atom stereocenters. The van der Waals surface area contributed by atoms with Crippen molar-refractivity contribution < 1.29 is 0 Å². The van der Waals surface area contributed by atoms with Crippen molar-refractivity contribution in [2.45, 2.75) is 5.75 Å². The van der Waals surface area contributed by atoms with Gasteiger partial charge in [-0.05, 0) is 22.2 Å². The van der Waals surface area contributed by atoms with Crippen LogP contribution in [0.4, 0.5) is 0 Å². The van der Waals surface area contributed by atoms with Crippen molar-refractivity contribution in [2.24, 2.45) is 7.05 Å². The van der Waals surface area contributed by atoms with E-state index in [9.17, 15) is 0 Å². The number of thioether (sulfide) groups is 1. The van der Waals surface area contributed by atoms with E-state index in [1.807, 2.05) is 17.8 Å². The third-order valence-corrected chi connectivity index (χ3v) is 2.15. The van der Waals surface area contributed by atoms with Gasteiger partial charge in [-0.15, -0.1) is 0 Å². The lowest BCUT2D eigenvalue weighted by Gasteiger charge is -1.95. The maximum Gasteiger partial charge on any atom is 0.124 e. The Bertz CT molecular complexity index is 222. The van der Waals surface area contributed by atoms with E-state index in [2.05, 4.69) is 27.2 Å². The van der Waals surface area contributed by atoms with Crippen molar-refractivity contribution in [3.05, 3.63) is 16.6 Å². The fourth-order valence-electron chi connectivity index (χ4n) is 0.729. The first kappa shape index (κ1) is 8.14. The topological polar surface area (TPSA) is 17.8 Å². The van der Waals surface area contributed by atoms with Gasteiger partial charge in [-0.3, -0.25) is 0 Å². The second-order valence-electron chi connectivity index (χ2n) is 2.02. The second kappa shape index (κ2) is 3.44. The Balaban J connectivity index is 2.81. The highest BCUT2D eigenvalue weighted by atomic mass is 79.9. The zero-order valence-electron chi connectivity index (χ0n) is 5.97. The number of halogens is 1. The molecule has 0 fully saturated rings. The van der Waals surface area contributed by atoms with Gasteiger partial charge in [0.25, 0.3) is 0 Å². The average Bonchev–Trinajstić information content (AvgIpc) is 2.13. The third-order valence-electron chi connectivity index (χ3n) is 1.22. The number of aromatic nitrogens is 2. The summed E-state index contributed by atoms with van der Waals surface area (Å²) in [6, 6.07) is 0. The summed E-state index contributed by atoms with van der Waals surface area (Å²) in [5.74, 6) is 2.08. The molecular weight excluding hydrogens is 212 g/mol. The Morgan fingerprint density at radius 3 is 2.90 bits per heavy atom. The van der Waals surface area contributed by atoms with Crippen LogP contribution in [-0.4, -0.2) is 15.8 Å². The molecule has 0 bridgehead atoms. The van der Waals surface area contributed by atoms with Crippen LogP contribution in [0.2, 0.25) is 0 Å². The van der Waals surface area contributed by atoms with Crippen molar-refractivity contribution in [2.75, 3.05) is 6.26 Å². The first-order valence-electron chi connectivity index (χ1n) is 2.90. The van der Waals surface area contributed by atoms with Crippen molar-refractivity contribution in [3.8, 4) is 0 Å². The minimum absolute atomic E-state index is 0.916. The molecule has 0 aliphatic rings. The summed E-state index contributed by atoms with van der Waals surface area (Å²) >= 11 is 5.09. The highest BCUT2D eigenvalue weighted by molar-refractivity contribution is 9.10. The zero-order chi connectivity index (χ0) is 7.56. The molecule has 0 aliphatic heterocycles. The molecular formula is C6H9BrN2S. The fourth-order valence-corrected chi connectivity index (χ4v) is 1.77. The molecule has 0 radical (unpaired) electrons. The summed E-state index contributed by atoms with van der Waals surface area (Å²) in [4.78, 5) is 4.26. The van der Waals surface area contributed by atoms with Gasteiger partial charge in [-0.2, -0.15) is 11.8 Å². The van der Waals surface area contributed by atoms with E-state index in [0.717, 1.165) is 16.2 Å². The molecule has 56 valence electrons. The molecule has 1 rings (SSSR count). The first-order chi connectivity index (χ1) is 4.74. The minimum Gasteiger partial charge on any atom is -0.336 e. The number of aryl methyl sites for hydroxylation is 1. The molecule has 0 aromatic carbocycles. The number of hydrogen-bond acceptors (Lipinski definition) is 2. The molecule has 0 N–H and O–H groups in total. The van der Waals surface area contributed by atoms with Gasteiger partial charge in [0, 0.05) is 13.2 Å². The van der Waals surface area contributed by atoms with E-state index in [1.54, 1.807) is 11.8 Å². The van der Waals surface area contributed by atoms with Crippen LogP contribution in [0.25, 0.3) is 0 Å². The molecule has 0 unspecified atom stereocenters. The zero-order valence-corrected chi connectivity index (χ0v) is 8.37. The minimum atomic E-state index is 0.916. The maximum absolute atomic E-state index is 4.26. The lowest BCUT2D eigenvalue weighted by atomic mass is 10.7. The van der Waals surface area contributed by atoms with E-state index >= 15 is 0 Å². The van der Waals surface area contributed by atoms with Crippen LogP contribution in [0.1, 0.15) is 5.82 Å². The standard InChI is InChI=1S/C6H9BrN2S/c1-9-3-5(7)8-6(9)4-10-2/h3H,4H2,1-2H3. The van der Waals surface area contributed by atoms with Crippen molar-refractivity contribution in [1.82, 2.24) is 9.55 Å². The van der Waals surface area contributed by atoms with E-state index < -0.39 is 0 Å². The van der Waals surface area contributed by atoms with Gasteiger partial charge in [0.1, 0.15) is 10.4 Å². The monoisotopic (exact) mass is 220 g/mol. The molecule has 1 aromatic rings. The van der Waals surface area contributed by atoms with Crippen LogP contribution < -0.4 is 0 Å². The van der Waals surface area contributed by atoms with Gasteiger partial charge in [-0.25, -0.2) is 4.98 Å². The molecule has 1 heterocycles. The lowest BCUT2D eigenvalue weighted by molar-refractivity contribution is 0.850. The molecule has 0 spiro atoms. The van der Waals surface area contributed by atoms with Crippen LogP contribution >= 0.6 is 27.7 Å². The van der Waals surface area contributed by atoms with E-state index in [1.165, 1.54) is 0 Å². The summed E-state index contributed by atoms with van der Waals surface area (Å²) in [5, 5.41) is 0. The molecule has 2 nitrogen and oxygen atoms in total. The summed E-state index contributed by atoms with van der Waals surface area (Å²) in [5.41, 5.74) is 0. The van der Waals surface area contributed by atoms with Gasteiger partial charge in [0.15, 0.2) is 0 Å². The third kappa shape index (κ3) is 1.76. The number of rotatable bonds is 2. The number of nitrogens with zero attached hydrogens (tertiary/aromatic N) is 2. The Kier molecular flexibility index (Phi) is 2.80. The van der Waals surface area contributed by atoms with Gasteiger partial charge in [-0.1, -0.05) is 0 Å². The van der Waals surface area contributed by atoms with Gasteiger partial charge in [0.05, 0.1) is 5.75 Å². The summed E-state index contributed by atoms with van der Waals surface area (Å²) < 4.78 is 2.94. The van der Waals surface area contributed by atoms with E-state index in [0.29, 0.717) is 0 Å². The van der Waals surface area contributed by atoms with Gasteiger partial charge in [0.2, 0.25) is 0 Å². The number of imidazole rings is 1. The summed E-state index contributed by atoms with van der Waals surface area (Å²) in [6.45, 7) is 0. The predicted molar refractivity (Wildman–Crippen MR) is 48.1 cm³/mol. The quantitative estimate of drug-likeness (QED) is 0.760. The molecule has 4 heteroatoms. The highest BCUT2D eigenvalue weighted by Gasteiger charge is 2.00. The Hall–Kier alpha value is 0.0400. The Morgan fingerprint density at radius 1 is 1.80 bits per heavy atom. The van der Waals surface area contributed by atoms with E-state index in [-0.39, 0.29) is 0 Å². The normalized spacial score (nSPS) is 10.3. The Morgan fingerprint density at radius 2 is 2.50 bits per heavy atom. The van der Waals surface area contributed by atoms with Crippen LogP contribution in [-0.2, 0) is 12.8 Å². The van der Waals surface area contributed by atoms with Gasteiger partial charge >= 0.3 is 0 Å². The molecule has 0 amide bonds.